The van der Waals surface area contributed by atoms with Crippen molar-refractivity contribution < 1.29 is 8.42 Å². The van der Waals surface area contributed by atoms with Crippen LogP contribution in [-0.2, 0) is 22.3 Å². The van der Waals surface area contributed by atoms with Gasteiger partial charge in [0.2, 0.25) is 10.0 Å². The minimum atomic E-state index is -3.49. The second-order valence-corrected chi connectivity index (χ2v) is 12.6. The number of unbranched alkanes of at least 4 members (excludes halogenated alkanes) is 1. The average Bonchev–Trinajstić information content (AvgIpc) is 3.31. The van der Waals surface area contributed by atoms with Crippen LogP contribution >= 0.6 is 34.9 Å². The quantitative estimate of drug-likeness (QED) is 0.287. The Kier molecular flexibility index (Phi) is 8.19. The summed E-state index contributed by atoms with van der Waals surface area (Å²) >= 11 is 5.00. The molecule has 0 N–H and O–H groups in total. The van der Waals surface area contributed by atoms with Crippen LogP contribution in [0.2, 0.25) is 0 Å². The minimum absolute atomic E-state index is 0.262. The van der Waals surface area contributed by atoms with Gasteiger partial charge in [0.15, 0.2) is 8.68 Å². The first-order valence-electron chi connectivity index (χ1n) is 9.87. The summed E-state index contributed by atoms with van der Waals surface area (Å²) in [6, 6.07) is 5.18. The first kappa shape index (κ1) is 23.5. The second-order valence-electron chi connectivity index (χ2n) is 6.94. The fourth-order valence-corrected chi connectivity index (χ4v) is 6.90. The molecule has 3 rings (SSSR count). The maximum absolute atomic E-state index is 12.5. The topological polar surface area (TPSA) is 81.0 Å². The van der Waals surface area contributed by atoms with Crippen LogP contribution in [0.5, 0.6) is 0 Å². The molecular formula is C19H27N5O2S4. The van der Waals surface area contributed by atoms with E-state index in [1.54, 1.807) is 47.0 Å². The number of nitrogens with zero attached hydrogens (tertiary/aromatic N) is 5. The summed E-state index contributed by atoms with van der Waals surface area (Å²) in [4.78, 5) is 5.02. The number of sulfonamides is 1. The summed E-state index contributed by atoms with van der Waals surface area (Å²) < 4.78 is 30.3. The molecule has 1 aromatic carbocycles. The first-order chi connectivity index (χ1) is 14.4. The van der Waals surface area contributed by atoms with Gasteiger partial charge in [0.25, 0.3) is 0 Å². The lowest BCUT2D eigenvalue weighted by Crippen LogP contribution is -2.22. The lowest BCUT2D eigenvalue weighted by atomic mass is 10.3. The number of hydrogen-bond donors (Lipinski definition) is 0. The van der Waals surface area contributed by atoms with Crippen molar-refractivity contribution in [3.05, 3.63) is 24.0 Å². The third kappa shape index (κ3) is 5.37. The van der Waals surface area contributed by atoms with Crippen LogP contribution in [-0.4, -0.2) is 52.3 Å². The van der Waals surface area contributed by atoms with Crippen LogP contribution in [0.15, 0.2) is 31.8 Å². The van der Waals surface area contributed by atoms with Crippen LogP contribution in [0.4, 0.5) is 0 Å². The molecule has 0 amide bonds. The van der Waals surface area contributed by atoms with Gasteiger partial charge in [0.05, 0.1) is 21.7 Å². The van der Waals surface area contributed by atoms with Crippen molar-refractivity contribution in [1.82, 2.24) is 24.1 Å². The standard InChI is InChI=1S/C19H27N5O2S4/c1-5-7-11-27-18-21-22-19(29-18)28-13-17-20-15-12-14(30(25,26)23(3)4)8-9-16(15)24(17)10-6-2/h8-9,12H,5-7,10-11,13H2,1-4H3. The number of rotatable bonds is 11. The van der Waals surface area contributed by atoms with Gasteiger partial charge in [-0.05, 0) is 31.0 Å². The predicted molar refractivity (Wildman–Crippen MR) is 126 cm³/mol. The van der Waals surface area contributed by atoms with E-state index in [2.05, 4.69) is 28.6 Å². The van der Waals surface area contributed by atoms with Crippen molar-refractivity contribution in [2.45, 2.75) is 59.0 Å². The van der Waals surface area contributed by atoms with E-state index in [4.69, 9.17) is 4.98 Å². The SMILES string of the molecule is CCCCSc1nnc(SCc2nc3cc(S(=O)(=O)N(C)C)ccc3n2CCC)s1. The average molecular weight is 486 g/mol. The molecule has 0 bridgehead atoms. The van der Waals surface area contributed by atoms with E-state index in [0.29, 0.717) is 11.3 Å². The molecule has 0 atom stereocenters. The molecule has 0 aliphatic rings. The second kappa shape index (κ2) is 10.4. The largest absolute Gasteiger partial charge is 0.327 e. The molecule has 11 heteroatoms. The van der Waals surface area contributed by atoms with E-state index in [1.165, 1.54) is 31.2 Å². The fraction of sp³-hybridized carbons (Fsp3) is 0.526. The Labute approximate surface area is 190 Å². The van der Waals surface area contributed by atoms with Gasteiger partial charge < -0.3 is 4.57 Å². The molecule has 2 heterocycles. The summed E-state index contributed by atoms with van der Waals surface area (Å²) in [6.45, 7) is 5.14. The molecule has 0 radical (unpaired) electrons. The molecular weight excluding hydrogens is 459 g/mol. The van der Waals surface area contributed by atoms with Crippen molar-refractivity contribution in [1.29, 1.82) is 0 Å². The van der Waals surface area contributed by atoms with Crippen molar-refractivity contribution in [2.75, 3.05) is 19.8 Å². The summed E-state index contributed by atoms with van der Waals surface area (Å²) in [5.41, 5.74) is 1.66. The monoisotopic (exact) mass is 485 g/mol. The number of fused-ring (bicyclic) bond motifs is 1. The normalized spacial score (nSPS) is 12.3. The fourth-order valence-electron chi connectivity index (χ4n) is 2.86. The highest BCUT2D eigenvalue weighted by Crippen LogP contribution is 2.32. The highest BCUT2D eigenvalue weighted by molar-refractivity contribution is 8.02. The maximum Gasteiger partial charge on any atom is 0.242 e. The van der Waals surface area contributed by atoms with Gasteiger partial charge >= 0.3 is 0 Å². The smallest absolute Gasteiger partial charge is 0.242 e. The number of imidazole rings is 1. The van der Waals surface area contributed by atoms with Gasteiger partial charge in [0.1, 0.15) is 5.82 Å². The molecule has 7 nitrogen and oxygen atoms in total. The zero-order valence-corrected chi connectivity index (χ0v) is 20.9. The predicted octanol–water partition coefficient (Wildman–Crippen LogP) is 4.73. The number of aromatic nitrogens is 4. The Bertz CT molecular complexity index is 1090. The van der Waals surface area contributed by atoms with Crippen molar-refractivity contribution in [2.24, 2.45) is 0 Å². The summed E-state index contributed by atoms with van der Waals surface area (Å²) in [7, 11) is -0.415. The van der Waals surface area contributed by atoms with E-state index in [9.17, 15) is 8.42 Å². The van der Waals surface area contributed by atoms with Gasteiger partial charge in [-0.2, -0.15) is 0 Å². The zero-order chi connectivity index (χ0) is 21.7. The van der Waals surface area contributed by atoms with E-state index < -0.39 is 10.0 Å². The van der Waals surface area contributed by atoms with Gasteiger partial charge in [-0.1, -0.05) is 55.1 Å². The first-order valence-corrected chi connectivity index (χ1v) is 14.1. The Morgan fingerprint density at radius 3 is 2.50 bits per heavy atom. The summed E-state index contributed by atoms with van der Waals surface area (Å²) in [5.74, 6) is 2.66. The van der Waals surface area contributed by atoms with E-state index in [0.717, 1.165) is 38.7 Å². The molecule has 164 valence electrons. The summed E-state index contributed by atoms with van der Waals surface area (Å²) in [6.07, 6.45) is 3.33. The van der Waals surface area contributed by atoms with Gasteiger partial charge in [-0.25, -0.2) is 17.7 Å². The van der Waals surface area contributed by atoms with Crippen LogP contribution in [0, 0.1) is 0 Å². The van der Waals surface area contributed by atoms with Crippen molar-refractivity contribution >= 4 is 55.9 Å². The molecule has 0 spiro atoms. The number of aryl methyl sites for hydroxylation is 1. The van der Waals surface area contributed by atoms with Crippen LogP contribution in [0.3, 0.4) is 0 Å². The zero-order valence-electron chi connectivity index (χ0n) is 17.7. The van der Waals surface area contributed by atoms with Gasteiger partial charge in [0, 0.05) is 26.4 Å². The van der Waals surface area contributed by atoms with Crippen molar-refractivity contribution in [3.63, 3.8) is 0 Å². The Hall–Kier alpha value is -1.14. The van der Waals surface area contributed by atoms with Gasteiger partial charge in [-0.15, -0.1) is 10.2 Å². The molecule has 0 saturated heterocycles. The van der Waals surface area contributed by atoms with Crippen LogP contribution in [0.1, 0.15) is 38.9 Å². The van der Waals surface area contributed by atoms with Crippen LogP contribution < -0.4 is 0 Å². The Morgan fingerprint density at radius 1 is 1.10 bits per heavy atom. The Morgan fingerprint density at radius 2 is 1.83 bits per heavy atom. The number of benzene rings is 1. The molecule has 0 unspecified atom stereocenters. The van der Waals surface area contributed by atoms with Gasteiger partial charge in [-0.3, -0.25) is 0 Å². The molecule has 2 aromatic heterocycles. The molecule has 0 aliphatic heterocycles. The highest BCUT2D eigenvalue weighted by Gasteiger charge is 2.20. The third-order valence-electron chi connectivity index (χ3n) is 4.46. The number of hydrogen-bond acceptors (Lipinski definition) is 8. The maximum atomic E-state index is 12.5. The lowest BCUT2D eigenvalue weighted by molar-refractivity contribution is 0.521. The molecule has 0 fully saturated rings. The molecule has 30 heavy (non-hydrogen) atoms. The molecule has 0 aliphatic carbocycles. The van der Waals surface area contributed by atoms with E-state index >= 15 is 0 Å². The molecule has 3 aromatic rings. The van der Waals surface area contributed by atoms with Crippen molar-refractivity contribution in [3.8, 4) is 0 Å². The summed E-state index contributed by atoms with van der Waals surface area (Å²) in [5, 5.41) is 8.56. The van der Waals surface area contributed by atoms with Crippen LogP contribution in [0.25, 0.3) is 11.0 Å². The highest BCUT2D eigenvalue weighted by atomic mass is 32.2. The number of thioether (sulfide) groups is 2. The lowest BCUT2D eigenvalue weighted by Gasteiger charge is -2.11. The van der Waals surface area contributed by atoms with E-state index in [1.807, 2.05) is 6.07 Å². The minimum Gasteiger partial charge on any atom is -0.327 e. The Balaban J connectivity index is 1.81. The molecule has 0 saturated carbocycles. The third-order valence-corrected chi connectivity index (χ3v) is 9.54. The van der Waals surface area contributed by atoms with E-state index in [-0.39, 0.29) is 4.90 Å².